The van der Waals surface area contributed by atoms with E-state index in [4.69, 9.17) is 9.47 Å². The fraction of sp³-hybridized carbons (Fsp3) is 0.316. The van der Waals surface area contributed by atoms with Crippen molar-refractivity contribution in [1.29, 1.82) is 0 Å². The summed E-state index contributed by atoms with van der Waals surface area (Å²) in [6.45, 7) is 4.46. The maximum atomic E-state index is 12.7. The van der Waals surface area contributed by atoms with Crippen LogP contribution in [0.15, 0.2) is 41.0 Å². The third-order valence-corrected chi connectivity index (χ3v) is 4.61. The molecule has 0 saturated heterocycles. The molecule has 0 fully saturated rings. The fourth-order valence-electron chi connectivity index (χ4n) is 2.69. The van der Waals surface area contributed by atoms with Gasteiger partial charge in [-0.25, -0.2) is 0 Å². The molecule has 7 nitrogen and oxygen atoms in total. The number of methoxy groups -OCH3 is 1. The van der Waals surface area contributed by atoms with Crippen molar-refractivity contribution >= 4 is 27.5 Å². The number of pyridine rings is 1. The Morgan fingerprint density at radius 1 is 1.33 bits per heavy atom. The van der Waals surface area contributed by atoms with Gasteiger partial charge in [-0.15, -0.1) is 10.2 Å². The number of nitrogens with zero attached hydrogens (tertiary/aromatic N) is 3. The van der Waals surface area contributed by atoms with Crippen LogP contribution in [0.1, 0.15) is 42.5 Å². The van der Waals surface area contributed by atoms with Crippen LogP contribution in [0.4, 0.5) is 0 Å². The largest absolute Gasteiger partial charge is 0.493 e. The van der Waals surface area contributed by atoms with Crippen LogP contribution in [-0.2, 0) is 0 Å². The fourth-order valence-corrected chi connectivity index (χ4v) is 3.25. The first kappa shape index (κ1) is 19.2. The van der Waals surface area contributed by atoms with Gasteiger partial charge in [0.15, 0.2) is 23.0 Å². The molecule has 0 radical (unpaired) electrons. The lowest BCUT2D eigenvalue weighted by Crippen LogP contribution is -2.28. The van der Waals surface area contributed by atoms with Gasteiger partial charge in [-0.05, 0) is 53.5 Å². The van der Waals surface area contributed by atoms with Gasteiger partial charge in [0.1, 0.15) is 0 Å². The molecule has 27 heavy (non-hydrogen) atoms. The molecular formula is C19H21BrN4O3. The molecule has 1 unspecified atom stereocenters. The Bertz CT molecular complexity index is 957. The Kier molecular flexibility index (Phi) is 5.95. The van der Waals surface area contributed by atoms with Crippen molar-refractivity contribution in [3.05, 3.63) is 52.4 Å². The molecule has 1 atom stereocenters. The van der Waals surface area contributed by atoms with E-state index in [1.807, 2.05) is 42.6 Å². The first-order valence-corrected chi connectivity index (χ1v) is 9.45. The summed E-state index contributed by atoms with van der Waals surface area (Å²) >= 11 is 3.46. The van der Waals surface area contributed by atoms with Crippen LogP contribution in [0.2, 0.25) is 0 Å². The van der Waals surface area contributed by atoms with E-state index in [1.165, 1.54) is 0 Å². The molecule has 0 spiro atoms. The summed E-state index contributed by atoms with van der Waals surface area (Å²) in [5, 5.41) is 11.3. The molecule has 1 aromatic carbocycles. The zero-order chi connectivity index (χ0) is 19.4. The molecule has 1 amide bonds. The van der Waals surface area contributed by atoms with Crippen molar-refractivity contribution in [2.24, 2.45) is 0 Å². The summed E-state index contributed by atoms with van der Waals surface area (Å²) in [6, 6.07) is 8.71. The van der Waals surface area contributed by atoms with Crippen LogP contribution in [0.25, 0.3) is 5.65 Å². The molecule has 0 saturated carbocycles. The Morgan fingerprint density at radius 2 is 2.15 bits per heavy atom. The van der Waals surface area contributed by atoms with Gasteiger partial charge in [0.05, 0.1) is 24.2 Å². The van der Waals surface area contributed by atoms with Crippen LogP contribution in [-0.4, -0.2) is 34.2 Å². The van der Waals surface area contributed by atoms with Gasteiger partial charge in [-0.1, -0.05) is 13.0 Å². The van der Waals surface area contributed by atoms with Crippen molar-refractivity contribution in [3.8, 4) is 11.5 Å². The highest BCUT2D eigenvalue weighted by Crippen LogP contribution is 2.36. The van der Waals surface area contributed by atoms with E-state index in [0.29, 0.717) is 34.0 Å². The molecule has 3 aromatic rings. The van der Waals surface area contributed by atoms with E-state index in [1.54, 1.807) is 19.2 Å². The first-order chi connectivity index (χ1) is 13.0. The number of ether oxygens (including phenoxy) is 2. The molecule has 3 rings (SSSR count). The maximum absolute atomic E-state index is 12.7. The maximum Gasteiger partial charge on any atom is 0.252 e. The third-order valence-electron chi connectivity index (χ3n) is 4.02. The second-order valence-electron chi connectivity index (χ2n) is 6.02. The van der Waals surface area contributed by atoms with Gasteiger partial charge in [-0.2, -0.15) is 0 Å². The van der Waals surface area contributed by atoms with E-state index in [2.05, 4.69) is 31.4 Å². The second-order valence-corrected chi connectivity index (χ2v) is 6.87. The lowest BCUT2D eigenvalue weighted by Gasteiger charge is -2.16. The number of fused-ring (bicyclic) bond motifs is 1. The van der Waals surface area contributed by atoms with Crippen LogP contribution in [0.3, 0.4) is 0 Å². The van der Waals surface area contributed by atoms with Gasteiger partial charge in [0.25, 0.3) is 5.91 Å². The SMILES string of the molecule is CCCOc1c(Br)cc(C(=O)NC(C)c2nnc3ccccn23)cc1OC. The van der Waals surface area contributed by atoms with Gasteiger partial charge in [0, 0.05) is 11.8 Å². The van der Waals surface area contributed by atoms with Crippen LogP contribution < -0.4 is 14.8 Å². The van der Waals surface area contributed by atoms with Crippen molar-refractivity contribution in [2.45, 2.75) is 26.3 Å². The molecule has 2 heterocycles. The lowest BCUT2D eigenvalue weighted by molar-refractivity contribution is 0.0937. The van der Waals surface area contributed by atoms with Gasteiger partial charge in [-0.3, -0.25) is 9.20 Å². The summed E-state index contributed by atoms with van der Waals surface area (Å²) in [5.41, 5.74) is 1.19. The van der Waals surface area contributed by atoms with E-state index < -0.39 is 0 Å². The van der Waals surface area contributed by atoms with Gasteiger partial charge >= 0.3 is 0 Å². The molecule has 8 heteroatoms. The smallest absolute Gasteiger partial charge is 0.252 e. The molecule has 142 valence electrons. The van der Waals surface area contributed by atoms with Crippen molar-refractivity contribution in [1.82, 2.24) is 19.9 Å². The van der Waals surface area contributed by atoms with Gasteiger partial charge < -0.3 is 14.8 Å². The second kappa shape index (κ2) is 8.39. The Hall–Kier alpha value is -2.61. The minimum Gasteiger partial charge on any atom is -0.493 e. The Balaban J connectivity index is 1.82. The number of nitrogens with one attached hydrogen (secondary N) is 1. The van der Waals surface area contributed by atoms with Crippen molar-refractivity contribution in [3.63, 3.8) is 0 Å². The monoisotopic (exact) mass is 432 g/mol. The normalized spacial score (nSPS) is 12.0. The number of carbonyl (C=O) groups excluding carboxylic acids is 1. The molecule has 0 aliphatic rings. The molecule has 0 bridgehead atoms. The lowest BCUT2D eigenvalue weighted by atomic mass is 10.1. The predicted octanol–water partition coefficient (Wildman–Crippen LogP) is 3.78. The summed E-state index contributed by atoms with van der Waals surface area (Å²) in [5.74, 6) is 1.51. The summed E-state index contributed by atoms with van der Waals surface area (Å²) < 4.78 is 13.6. The molecule has 0 aliphatic heterocycles. The summed E-state index contributed by atoms with van der Waals surface area (Å²) in [4.78, 5) is 12.7. The zero-order valence-electron chi connectivity index (χ0n) is 15.4. The average molecular weight is 433 g/mol. The van der Waals surface area contributed by atoms with E-state index >= 15 is 0 Å². The van der Waals surface area contributed by atoms with E-state index in [-0.39, 0.29) is 11.9 Å². The Morgan fingerprint density at radius 3 is 2.89 bits per heavy atom. The van der Waals surface area contributed by atoms with Gasteiger partial charge in [0.2, 0.25) is 0 Å². The first-order valence-electron chi connectivity index (χ1n) is 8.66. The minimum absolute atomic E-state index is 0.240. The number of amides is 1. The van der Waals surface area contributed by atoms with Crippen LogP contribution >= 0.6 is 15.9 Å². The number of aromatic nitrogens is 3. The predicted molar refractivity (Wildman–Crippen MR) is 105 cm³/mol. The highest BCUT2D eigenvalue weighted by atomic mass is 79.9. The number of halogens is 1. The van der Waals surface area contributed by atoms with E-state index in [9.17, 15) is 4.79 Å². The van der Waals surface area contributed by atoms with Crippen molar-refractivity contribution < 1.29 is 14.3 Å². The highest BCUT2D eigenvalue weighted by Gasteiger charge is 2.19. The summed E-state index contributed by atoms with van der Waals surface area (Å²) in [7, 11) is 1.55. The standard InChI is InChI=1S/C19H21BrN4O3/c1-4-9-27-17-14(20)10-13(11-15(17)26-3)19(25)21-12(2)18-23-22-16-7-5-6-8-24(16)18/h5-8,10-12H,4,9H2,1-3H3,(H,21,25). The average Bonchev–Trinajstić information content (AvgIpc) is 3.10. The number of rotatable bonds is 7. The number of hydrogen-bond acceptors (Lipinski definition) is 5. The zero-order valence-corrected chi connectivity index (χ0v) is 17.0. The van der Waals surface area contributed by atoms with Crippen molar-refractivity contribution in [2.75, 3.05) is 13.7 Å². The molecule has 2 aromatic heterocycles. The molecular weight excluding hydrogens is 412 g/mol. The molecule has 1 N–H and O–H groups in total. The number of hydrogen-bond donors (Lipinski definition) is 1. The van der Waals surface area contributed by atoms with Crippen LogP contribution in [0, 0.1) is 0 Å². The Labute approximate surface area is 165 Å². The molecule has 0 aliphatic carbocycles. The number of benzene rings is 1. The van der Waals surface area contributed by atoms with Crippen LogP contribution in [0.5, 0.6) is 11.5 Å². The van der Waals surface area contributed by atoms with E-state index in [0.717, 1.165) is 12.1 Å². The number of carbonyl (C=O) groups is 1. The topological polar surface area (TPSA) is 77.8 Å². The summed E-state index contributed by atoms with van der Waals surface area (Å²) in [6.07, 6.45) is 2.74. The minimum atomic E-state index is -0.323. The third kappa shape index (κ3) is 4.05. The quantitative estimate of drug-likeness (QED) is 0.614. The highest BCUT2D eigenvalue weighted by molar-refractivity contribution is 9.10.